The molecule has 1 saturated carbocycles. The minimum atomic E-state index is -0.827. The number of hydrogen-bond acceptors (Lipinski definition) is 3. The summed E-state index contributed by atoms with van der Waals surface area (Å²) in [5.74, 6) is -1.36. The summed E-state index contributed by atoms with van der Waals surface area (Å²) < 4.78 is 5.67. The lowest BCUT2D eigenvalue weighted by Gasteiger charge is -2.29. The molecular weight excluding hydrogens is 270 g/mol. The first-order valence-electron chi connectivity index (χ1n) is 8.12. The van der Waals surface area contributed by atoms with Crippen molar-refractivity contribution < 1.29 is 19.4 Å². The number of ether oxygens (including phenoxy) is 1. The van der Waals surface area contributed by atoms with Gasteiger partial charge in [-0.05, 0) is 38.0 Å². The van der Waals surface area contributed by atoms with Gasteiger partial charge in [0.15, 0.2) is 0 Å². The molecular formula is C16H27NO4. The van der Waals surface area contributed by atoms with Crippen molar-refractivity contribution in [1.29, 1.82) is 0 Å². The third-order valence-electron chi connectivity index (χ3n) is 5.00. The van der Waals surface area contributed by atoms with Gasteiger partial charge in [0, 0.05) is 20.2 Å². The van der Waals surface area contributed by atoms with E-state index < -0.39 is 11.9 Å². The Morgan fingerprint density at radius 2 is 1.95 bits per heavy atom. The second-order valence-corrected chi connectivity index (χ2v) is 6.50. The van der Waals surface area contributed by atoms with Gasteiger partial charge in [0.25, 0.3) is 0 Å². The quantitative estimate of drug-likeness (QED) is 0.844. The summed E-state index contributed by atoms with van der Waals surface area (Å²) in [6.07, 6.45) is 5.63. The van der Waals surface area contributed by atoms with E-state index in [9.17, 15) is 14.7 Å². The number of hydrogen-bond donors (Lipinski definition) is 1. The number of carbonyl (C=O) groups is 2. The predicted octanol–water partition coefficient (Wildman–Crippen LogP) is 2.15. The lowest BCUT2D eigenvalue weighted by Crippen LogP contribution is -2.42. The number of likely N-dealkylation sites (N-methyl/N-ethyl adjacent to an activating group) is 1. The number of aliphatic carboxylic acids is 1. The Morgan fingerprint density at radius 1 is 1.24 bits per heavy atom. The fourth-order valence-corrected chi connectivity index (χ4v) is 3.65. The molecule has 1 N–H and O–H groups in total. The molecule has 120 valence electrons. The highest BCUT2D eigenvalue weighted by atomic mass is 16.5. The normalized spacial score (nSPS) is 32.9. The predicted molar refractivity (Wildman–Crippen MR) is 78.9 cm³/mol. The van der Waals surface area contributed by atoms with Gasteiger partial charge in [-0.2, -0.15) is 0 Å². The third-order valence-corrected chi connectivity index (χ3v) is 5.00. The summed E-state index contributed by atoms with van der Waals surface area (Å²) >= 11 is 0. The first-order valence-corrected chi connectivity index (χ1v) is 8.12. The Bertz CT molecular complexity index is 378. The van der Waals surface area contributed by atoms with Crippen LogP contribution in [0, 0.1) is 17.8 Å². The van der Waals surface area contributed by atoms with E-state index in [1.54, 1.807) is 11.9 Å². The zero-order valence-electron chi connectivity index (χ0n) is 13.1. The molecule has 2 unspecified atom stereocenters. The molecule has 21 heavy (non-hydrogen) atoms. The molecule has 5 nitrogen and oxygen atoms in total. The Hall–Kier alpha value is -1.10. The monoisotopic (exact) mass is 297 g/mol. The van der Waals surface area contributed by atoms with Crippen molar-refractivity contribution >= 4 is 11.9 Å². The second kappa shape index (κ2) is 7.25. The standard InChI is InChI=1S/C16H27NO4/c1-3-11-8-13(14(9-11)16(19)20)15(18)17(2)10-12-6-4-5-7-21-12/h11-14H,3-10H2,1-2H3,(H,19,20)/t11?,12?,13-,14+/m0/s1. The maximum atomic E-state index is 12.6. The van der Waals surface area contributed by atoms with Gasteiger partial charge in [-0.25, -0.2) is 0 Å². The Kier molecular flexibility index (Phi) is 5.62. The Morgan fingerprint density at radius 3 is 2.52 bits per heavy atom. The molecule has 2 rings (SSSR count). The number of amides is 1. The fourth-order valence-electron chi connectivity index (χ4n) is 3.65. The van der Waals surface area contributed by atoms with Crippen molar-refractivity contribution in [2.45, 2.75) is 51.6 Å². The van der Waals surface area contributed by atoms with E-state index in [0.29, 0.717) is 25.3 Å². The summed E-state index contributed by atoms with van der Waals surface area (Å²) in [6.45, 7) is 3.42. The highest BCUT2D eigenvalue weighted by Gasteiger charge is 2.43. The van der Waals surface area contributed by atoms with Crippen molar-refractivity contribution in [2.75, 3.05) is 20.2 Å². The van der Waals surface area contributed by atoms with Gasteiger partial charge in [-0.1, -0.05) is 13.3 Å². The van der Waals surface area contributed by atoms with Crippen molar-refractivity contribution in [2.24, 2.45) is 17.8 Å². The van der Waals surface area contributed by atoms with Crippen molar-refractivity contribution in [1.82, 2.24) is 4.90 Å². The maximum absolute atomic E-state index is 12.6. The van der Waals surface area contributed by atoms with Gasteiger partial charge in [-0.15, -0.1) is 0 Å². The van der Waals surface area contributed by atoms with Crippen LogP contribution in [-0.2, 0) is 14.3 Å². The summed E-state index contributed by atoms with van der Waals surface area (Å²) in [4.78, 5) is 25.7. The van der Waals surface area contributed by atoms with Crippen LogP contribution >= 0.6 is 0 Å². The lowest BCUT2D eigenvalue weighted by atomic mass is 9.94. The largest absolute Gasteiger partial charge is 0.481 e. The summed E-state index contributed by atoms with van der Waals surface area (Å²) in [5.41, 5.74) is 0. The average Bonchev–Trinajstić information content (AvgIpc) is 2.92. The first kappa shape index (κ1) is 16.3. The zero-order valence-corrected chi connectivity index (χ0v) is 13.1. The number of carboxylic acids is 1. The molecule has 1 saturated heterocycles. The van der Waals surface area contributed by atoms with Gasteiger partial charge >= 0.3 is 5.97 Å². The molecule has 0 aromatic heterocycles. The van der Waals surface area contributed by atoms with Crippen LogP contribution in [0.25, 0.3) is 0 Å². The van der Waals surface area contributed by atoms with Crippen LogP contribution in [0.3, 0.4) is 0 Å². The minimum absolute atomic E-state index is 0.0208. The molecule has 0 spiro atoms. The van der Waals surface area contributed by atoms with Crippen molar-refractivity contribution in [3.05, 3.63) is 0 Å². The van der Waals surface area contributed by atoms with E-state index in [1.165, 1.54) is 0 Å². The van der Waals surface area contributed by atoms with E-state index in [2.05, 4.69) is 6.92 Å². The topological polar surface area (TPSA) is 66.8 Å². The van der Waals surface area contributed by atoms with Gasteiger partial charge in [0.05, 0.1) is 17.9 Å². The Balaban J connectivity index is 1.94. The molecule has 0 bridgehead atoms. The van der Waals surface area contributed by atoms with Crippen LogP contribution in [0.1, 0.15) is 45.4 Å². The molecule has 2 fully saturated rings. The average molecular weight is 297 g/mol. The molecule has 1 heterocycles. The van der Waals surface area contributed by atoms with Crippen LogP contribution in [0.2, 0.25) is 0 Å². The van der Waals surface area contributed by atoms with E-state index in [-0.39, 0.29) is 17.9 Å². The van der Waals surface area contributed by atoms with E-state index >= 15 is 0 Å². The van der Waals surface area contributed by atoms with Crippen molar-refractivity contribution in [3.8, 4) is 0 Å². The van der Waals surface area contributed by atoms with E-state index in [4.69, 9.17) is 4.74 Å². The van der Waals surface area contributed by atoms with Crippen LogP contribution in [0.4, 0.5) is 0 Å². The second-order valence-electron chi connectivity index (χ2n) is 6.50. The molecule has 1 aliphatic carbocycles. The molecule has 1 aliphatic heterocycles. The summed E-state index contributed by atoms with van der Waals surface area (Å²) in [7, 11) is 1.78. The van der Waals surface area contributed by atoms with Crippen LogP contribution in [0.5, 0.6) is 0 Å². The molecule has 5 heteroatoms. The van der Waals surface area contributed by atoms with E-state index in [1.807, 2.05) is 0 Å². The minimum Gasteiger partial charge on any atom is -0.481 e. The number of carboxylic acid groups (broad SMARTS) is 1. The van der Waals surface area contributed by atoms with Gasteiger partial charge in [0.2, 0.25) is 5.91 Å². The number of carbonyl (C=O) groups excluding carboxylic acids is 1. The zero-order chi connectivity index (χ0) is 15.4. The highest BCUT2D eigenvalue weighted by Crippen LogP contribution is 2.39. The molecule has 1 amide bonds. The van der Waals surface area contributed by atoms with Gasteiger partial charge in [-0.3, -0.25) is 9.59 Å². The Labute approximate surface area is 126 Å². The van der Waals surface area contributed by atoms with Crippen LogP contribution < -0.4 is 0 Å². The van der Waals surface area contributed by atoms with Gasteiger partial charge in [0.1, 0.15) is 0 Å². The smallest absolute Gasteiger partial charge is 0.307 e. The highest BCUT2D eigenvalue weighted by molar-refractivity contribution is 5.85. The molecule has 0 radical (unpaired) electrons. The summed E-state index contributed by atoms with van der Waals surface area (Å²) in [6, 6.07) is 0. The van der Waals surface area contributed by atoms with Crippen LogP contribution in [0.15, 0.2) is 0 Å². The third kappa shape index (κ3) is 3.96. The number of rotatable bonds is 5. The van der Waals surface area contributed by atoms with Crippen LogP contribution in [-0.4, -0.2) is 48.2 Å². The fraction of sp³-hybridized carbons (Fsp3) is 0.875. The SMILES string of the molecule is CCC1C[C@H](C(=O)N(C)CC2CCCCO2)[C@H](C(=O)O)C1. The van der Waals surface area contributed by atoms with Gasteiger partial charge < -0.3 is 14.7 Å². The first-order chi connectivity index (χ1) is 10.0. The van der Waals surface area contributed by atoms with E-state index in [0.717, 1.165) is 32.3 Å². The summed E-state index contributed by atoms with van der Waals surface area (Å²) in [5, 5.41) is 9.35. The number of nitrogens with zero attached hydrogens (tertiary/aromatic N) is 1. The molecule has 0 aromatic rings. The molecule has 4 atom stereocenters. The molecule has 2 aliphatic rings. The lowest BCUT2D eigenvalue weighted by molar-refractivity contribution is -0.149. The van der Waals surface area contributed by atoms with Crippen molar-refractivity contribution in [3.63, 3.8) is 0 Å². The maximum Gasteiger partial charge on any atom is 0.307 e. The molecule has 0 aromatic carbocycles.